The van der Waals surface area contributed by atoms with Crippen molar-refractivity contribution in [2.75, 3.05) is 4.90 Å². The third-order valence-electron chi connectivity index (χ3n) is 5.85. The third-order valence-corrected chi connectivity index (χ3v) is 6.35. The van der Waals surface area contributed by atoms with Crippen molar-refractivity contribution in [3.8, 4) is 0 Å². The zero-order valence-corrected chi connectivity index (χ0v) is 19.0. The van der Waals surface area contributed by atoms with Crippen molar-refractivity contribution in [1.29, 1.82) is 0 Å². The van der Waals surface area contributed by atoms with Gasteiger partial charge in [0.05, 0.1) is 16.2 Å². The van der Waals surface area contributed by atoms with E-state index in [1.165, 1.54) is 6.08 Å². The molecular weight excluding hydrogens is 469 g/mol. The van der Waals surface area contributed by atoms with Crippen LogP contribution in [0.25, 0.3) is 0 Å². The first-order chi connectivity index (χ1) is 14.7. The Hall–Kier alpha value is -2.25. The Balaban J connectivity index is 2.21. The maximum Gasteiger partial charge on any atom is 0.412 e. The highest BCUT2D eigenvalue weighted by molar-refractivity contribution is 6.34. The average Bonchev–Trinajstić information content (AvgIpc) is 3.00. The van der Waals surface area contributed by atoms with Crippen molar-refractivity contribution in [3.63, 3.8) is 0 Å². The fraction of sp³-hybridized carbons (Fsp3) is 0.348. The monoisotopic (exact) mass is 489 g/mol. The van der Waals surface area contributed by atoms with Gasteiger partial charge in [-0.3, -0.25) is 4.90 Å². The Morgan fingerprint density at radius 3 is 2.38 bits per heavy atom. The number of hydrogen-bond acceptors (Lipinski definition) is 1. The van der Waals surface area contributed by atoms with Gasteiger partial charge in [-0.1, -0.05) is 74.3 Å². The number of halogens is 6. The molecule has 0 fully saturated rings. The molecule has 1 N–H and O–H groups in total. The summed E-state index contributed by atoms with van der Waals surface area (Å²) in [6, 6.07) is 8.66. The molecule has 1 amide bonds. The minimum atomic E-state index is -4.87. The van der Waals surface area contributed by atoms with E-state index in [4.69, 9.17) is 23.2 Å². The quantitative estimate of drug-likeness (QED) is 0.270. The lowest BCUT2D eigenvalue weighted by atomic mass is 9.70. The van der Waals surface area contributed by atoms with Gasteiger partial charge in [-0.15, -0.1) is 0 Å². The summed E-state index contributed by atoms with van der Waals surface area (Å²) in [4.78, 5) is 13.3. The smallest absolute Gasteiger partial charge is 0.412 e. The number of rotatable bonds is 3. The fourth-order valence-electron chi connectivity index (χ4n) is 4.17. The van der Waals surface area contributed by atoms with Crippen molar-refractivity contribution >= 4 is 35.0 Å². The van der Waals surface area contributed by atoms with E-state index in [0.717, 1.165) is 23.1 Å². The summed E-state index contributed by atoms with van der Waals surface area (Å²) in [5, 5.41) is 9.33. The molecule has 172 valence electrons. The van der Waals surface area contributed by atoms with Gasteiger partial charge in [-0.2, -0.15) is 13.2 Å². The maximum absolute atomic E-state index is 14.6. The highest BCUT2D eigenvalue weighted by atomic mass is 35.5. The fourth-order valence-corrected chi connectivity index (χ4v) is 4.68. The van der Waals surface area contributed by atoms with E-state index in [1.54, 1.807) is 45.0 Å². The van der Waals surface area contributed by atoms with Gasteiger partial charge in [0, 0.05) is 17.0 Å². The predicted molar refractivity (Wildman–Crippen MR) is 117 cm³/mol. The minimum Gasteiger partial charge on any atom is -0.465 e. The maximum atomic E-state index is 14.6. The lowest BCUT2D eigenvalue weighted by Gasteiger charge is -2.45. The summed E-state index contributed by atoms with van der Waals surface area (Å²) in [7, 11) is 0. The van der Waals surface area contributed by atoms with E-state index in [0.29, 0.717) is 11.3 Å². The first-order valence-corrected chi connectivity index (χ1v) is 10.5. The van der Waals surface area contributed by atoms with Gasteiger partial charge in [0.1, 0.15) is 11.7 Å². The Morgan fingerprint density at radius 2 is 1.81 bits per heavy atom. The molecule has 0 saturated heterocycles. The Labute approximate surface area is 193 Å². The van der Waals surface area contributed by atoms with E-state index in [-0.39, 0.29) is 11.4 Å². The van der Waals surface area contributed by atoms with Crippen LogP contribution in [0.3, 0.4) is 0 Å². The Morgan fingerprint density at radius 1 is 1.19 bits per heavy atom. The molecule has 2 aromatic carbocycles. The normalized spacial score (nSPS) is 20.0. The Kier molecular flexibility index (Phi) is 6.30. The molecule has 0 aromatic heterocycles. The van der Waals surface area contributed by atoms with Crippen molar-refractivity contribution in [2.45, 2.75) is 44.8 Å². The number of carbonyl (C=O) groups is 1. The second-order valence-corrected chi connectivity index (χ2v) is 9.61. The van der Waals surface area contributed by atoms with Crippen LogP contribution in [0, 0.1) is 11.2 Å². The van der Waals surface area contributed by atoms with Crippen LogP contribution in [0.15, 0.2) is 48.6 Å². The predicted octanol–water partition coefficient (Wildman–Crippen LogP) is 7.86. The van der Waals surface area contributed by atoms with E-state index >= 15 is 0 Å². The molecule has 2 unspecified atom stereocenters. The molecule has 9 heteroatoms. The summed E-state index contributed by atoms with van der Waals surface area (Å²) in [5.74, 6) is -3.60. The number of benzene rings is 2. The number of carboxylic acid groups (broad SMARTS) is 1. The van der Waals surface area contributed by atoms with Crippen LogP contribution in [0.5, 0.6) is 0 Å². The van der Waals surface area contributed by atoms with Gasteiger partial charge >= 0.3 is 12.3 Å². The van der Waals surface area contributed by atoms with Gasteiger partial charge in [0.2, 0.25) is 0 Å². The second-order valence-electron chi connectivity index (χ2n) is 8.77. The molecule has 0 saturated carbocycles. The average molecular weight is 490 g/mol. The first kappa shape index (κ1) is 24.4. The van der Waals surface area contributed by atoms with Crippen LogP contribution in [-0.4, -0.2) is 22.9 Å². The number of allylic oxidation sites excluding steroid dienone is 1. The summed E-state index contributed by atoms with van der Waals surface area (Å²) < 4.78 is 56.7. The SMILES string of the molecule is CC(C)(C)C1(/C=C/C(c2cc(Cl)cc(Cl)c2F)C(F)(F)F)Cc2ccccc2N1C(=O)O. The molecule has 0 bridgehead atoms. The van der Waals surface area contributed by atoms with Crippen LogP contribution < -0.4 is 4.90 Å². The topological polar surface area (TPSA) is 40.5 Å². The van der Waals surface area contributed by atoms with Crippen molar-refractivity contribution in [3.05, 3.63) is 75.5 Å². The molecule has 2 aromatic rings. The van der Waals surface area contributed by atoms with Gasteiger partial charge in [0.15, 0.2) is 0 Å². The van der Waals surface area contributed by atoms with E-state index < -0.39 is 45.5 Å². The van der Waals surface area contributed by atoms with Crippen LogP contribution in [0.1, 0.15) is 37.8 Å². The molecule has 32 heavy (non-hydrogen) atoms. The summed E-state index contributed by atoms with van der Waals surface area (Å²) in [5.41, 5.74) is -1.78. The number of anilines is 1. The number of hydrogen-bond donors (Lipinski definition) is 1. The van der Waals surface area contributed by atoms with Gasteiger partial charge < -0.3 is 5.11 Å². The number of nitrogens with zero attached hydrogens (tertiary/aromatic N) is 1. The largest absolute Gasteiger partial charge is 0.465 e. The third kappa shape index (κ3) is 4.20. The van der Waals surface area contributed by atoms with E-state index in [2.05, 4.69) is 0 Å². The second kappa shape index (κ2) is 8.27. The molecule has 1 aliphatic heterocycles. The van der Waals surface area contributed by atoms with Crippen LogP contribution in [-0.2, 0) is 6.42 Å². The number of fused-ring (bicyclic) bond motifs is 1. The zero-order valence-electron chi connectivity index (χ0n) is 17.5. The van der Waals surface area contributed by atoms with Gasteiger partial charge in [-0.25, -0.2) is 9.18 Å². The van der Waals surface area contributed by atoms with Crippen molar-refractivity contribution in [2.24, 2.45) is 5.41 Å². The van der Waals surface area contributed by atoms with E-state index in [1.807, 2.05) is 0 Å². The van der Waals surface area contributed by atoms with Crippen LogP contribution in [0.4, 0.5) is 28.0 Å². The Bertz CT molecular complexity index is 1080. The van der Waals surface area contributed by atoms with E-state index in [9.17, 15) is 27.5 Å². The molecule has 0 spiro atoms. The molecule has 0 aliphatic carbocycles. The lowest BCUT2D eigenvalue weighted by Crippen LogP contribution is -2.56. The van der Waals surface area contributed by atoms with Crippen LogP contribution in [0.2, 0.25) is 10.0 Å². The molecule has 3 rings (SSSR count). The molecule has 1 heterocycles. The summed E-state index contributed by atoms with van der Waals surface area (Å²) >= 11 is 11.6. The lowest BCUT2D eigenvalue weighted by molar-refractivity contribution is -0.140. The number of para-hydroxylation sites is 1. The number of amides is 1. The van der Waals surface area contributed by atoms with Crippen LogP contribution >= 0.6 is 23.2 Å². The standard InChI is InChI=1S/C23H21Cl2F4NO2/c1-21(2,3)22(12-13-6-4-5-7-18(13)30(22)20(31)32)9-8-16(23(27,28)29)15-10-14(24)11-17(25)19(15)26/h4-11,16H,12H2,1-3H3,(H,31,32)/b9-8+. The first-order valence-electron chi connectivity index (χ1n) is 9.70. The van der Waals surface area contributed by atoms with Gasteiger partial charge in [0.25, 0.3) is 0 Å². The molecule has 2 atom stereocenters. The minimum absolute atomic E-state index is 0.139. The molecule has 1 aliphatic rings. The summed E-state index contributed by atoms with van der Waals surface area (Å²) in [6.45, 7) is 5.25. The zero-order chi connectivity index (χ0) is 24.1. The van der Waals surface area contributed by atoms with Crippen molar-refractivity contribution in [1.82, 2.24) is 0 Å². The molecule has 0 radical (unpaired) electrons. The number of alkyl halides is 3. The van der Waals surface area contributed by atoms with Crippen molar-refractivity contribution < 1.29 is 27.5 Å². The molecular formula is C23H21Cl2F4NO2. The highest BCUT2D eigenvalue weighted by Crippen LogP contribution is 2.50. The van der Waals surface area contributed by atoms with Gasteiger partial charge in [-0.05, 0) is 29.2 Å². The summed E-state index contributed by atoms with van der Waals surface area (Å²) in [6.07, 6.45) is -3.97. The molecule has 3 nitrogen and oxygen atoms in total. The highest BCUT2D eigenvalue weighted by Gasteiger charge is 2.53.